The Bertz CT molecular complexity index is 705. The number of para-hydroxylation sites is 1. The van der Waals surface area contributed by atoms with Crippen LogP contribution in [-0.2, 0) is 14.8 Å². The molecule has 0 bridgehead atoms. The molecular weight excluding hydrogens is 307 g/mol. The zero-order chi connectivity index (χ0) is 15.8. The zero-order valence-corrected chi connectivity index (χ0v) is 11.4. The van der Waals surface area contributed by atoms with Gasteiger partial charge in [0.1, 0.15) is 0 Å². The van der Waals surface area contributed by atoms with E-state index in [0.717, 1.165) is 22.5 Å². The van der Waals surface area contributed by atoms with Crippen LogP contribution >= 0.6 is 0 Å². The molecule has 1 aliphatic heterocycles. The van der Waals surface area contributed by atoms with Crippen molar-refractivity contribution in [1.82, 2.24) is 4.31 Å². The largest absolute Gasteiger partial charge is 0.481 e. The molecule has 8 nitrogen and oxygen atoms in total. The van der Waals surface area contributed by atoms with E-state index in [9.17, 15) is 27.7 Å². The highest BCUT2D eigenvalue weighted by molar-refractivity contribution is 7.89. The van der Waals surface area contributed by atoms with Crippen molar-refractivity contribution < 1.29 is 27.6 Å². The maximum atomic E-state index is 13.5. The first kappa shape index (κ1) is 15.3. The lowest BCUT2D eigenvalue weighted by Crippen LogP contribution is -2.30. The number of nitro groups is 1. The molecule has 1 fully saturated rings. The molecule has 2 rings (SSSR count). The molecule has 10 heteroatoms. The SMILES string of the molecule is O=C(O)C1CCN(S(=O)(=O)c2cccc(F)c2[N+](=O)[O-])C1. The van der Waals surface area contributed by atoms with Crippen LogP contribution in [0, 0.1) is 21.8 Å². The fourth-order valence-corrected chi connectivity index (χ4v) is 3.84. The summed E-state index contributed by atoms with van der Waals surface area (Å²) in [6.07, 6.45) is 0.109. The van der Waals surface area contributed by atoms with Crippen molar-refractivity contribution in [3.8, 4) is 0 Å². The summed E-state index contributed by atoms with van der Waals surface area (Å²) < 4.78 is 39.0. The second-order valence-corrected chi connectivity index (χ2v) is 6.44. The number of nitro benzene ring substituents is 1. The van der Waals surface area contributed by atoms with Gasteiger partial charge in [0.15, 0.2) is 4.90 Å². The number of hydrogen-bond acceptors (Lipinski definition) is 5. The van der Waals surface area contributed by atoms with Gasteiger partial charge in [0, 0.05) is 13.1 Å². The van der Waals surface area contributed by atoms with Gasteiger partial charge in [-0.15, -0.1) is 0 Å². The molecular formula is C11H11FN2O6S. The van der Waals surface area contributed by atoms with Crippen molar-refractivity contribution in [3.05, 3.63) is 34.1 Å². The normalized spacial score (nSPS) is 19.6. The average molecular weight is 318 g/mol. The number of carboxylic acid groups (broad SMARTS) is 1. The Labute approximate surface area is 119 Å². The predicted molar refractivity (Wildman–Crippen MR) is 67.6 cm³/mol. The van der Waals surface area contributed by atoms with Crippen molar-refractivity contribution in [2.75, 3.05) is 13.1 Å². The first-order valence-corrected chi connectivity index (χ1v) is 7.35. The van der Waals surface area contributed by atoms with Crippen LogP contribution in [0.2, 0.25) is 0 Å². The van der Waals surface area contributed by atoms with Gasteiger partial charge in [-0.2, -0.15) is 8.70 Å². The van der Waals surface area contributed by atoms with Crippen LogP contribution in [0.3, 0.4) is 0 Å². The lowest BCUT2D eigenvalue weighted by atomic mass is 10.1. The van der Waals surface area contributed by atoms with Crippen LogP contribution in [0.4, 0.5) is 10.1 Å². The van der Waals surface area contributed by atoms with E-state index in [1.807, 2.05) is 0 Å². The minimum atomic E-state index is -4.31. The number of benzene rings is 1. The van der Waals surface area contributed by atoms with E-state index in [2.05, 4.69) is 0 Å². The summed E-state index contributed by atoms with van der Waals surface area (Å²) in [5, 5.41) is 19.7. The van der Waals surface area contributed by atoms with Crippen molar-refractivity contribution in [3.63, 3.8) is 0 Å². The topological polar surface area (TPSA) is 118 Å². The molecule has 1 aliphatic rings. The Hall–Kier alpha value is -2.07. The third kappa shape index (κ3) is 2.72. The molecule has 0 spiro atoms. The number of nitrogens with zero attached hydrogens (tertiary/aromatic N) is 2. The number of sulfonamides is 1. The van der Waals surface area contributed by atoms with Gasteiger partial charge in [0.05, 0.1) is 10.8 Å². The lowest BCUT2D eigenvalue weighted by molar-refractivity contribution is -0.390. The van der Waals surface area contributed by atoms with Crippen LogP contribution in [0.25, 0.3) is 0 Å². The summed E-state index contributed by atoms with van der Waals surface area (Å²) in [6.45, 7) is -0.363. The van der Waals surface area contributed by atoms with Gasteiger partial charge >= 0.3 is 11.7 Å². The molecule has 1 aromatic carbocycles. The molecule has 114 valence electrons. The Morgan fingerprint density at radius 2 is 2.14 bits per heavy atom. The average Bonchev–Trinajstić information content (AvgIpc) is 2.88. The highest BCUT2D eigenvalue weighted by atomic mass is 32.2. The number of hydrogen-bond donors (Lipinski definition) is 1. The Balaban J connectivity index is 2.44. The van der Waals surface area contributed by atoms with Gasteiger partial charge in [0.2, 0.25) is 15.8 Å². The molecule has 21 heavy (non-hydrogen) atoms. The van der Waals surface area contributed by atoms with E-state index in [0.29, 0.717) is 0 Å². The van der Waals surface area contributed by atoms with Crippen LogP contribution in [0.15, 0.2) is 23.1 Å². The second-order valence-electron chi connectivity index (χ2n) is 4.53. The molecule has 1 saturated heterocycles. The molecule has 0 aliphatic carbocycles. The summed E-state index contributed by atoms with van der Waals surface area (Å²) >= 11 is 0. The molecule has 1 aromatic rings. The fourth-order valence-electron chi connectivity index (χ4n) is 2.17. The Morgan fingerprint density at radius 3 is 2.67 bits per heavy atom. The maximum Gasteiger partial charge on any atom is 0.324 e. The van der Waals surface area contributed by atoms with Gasteiger partial charge in [-0.05, 0) is 18.6 Å². The number of halogens is 1. The summed E-state index contributed by atoms with van der Waals surface area (Å²) in [6, 6.07) is 2.78. The first-order chi connectivity index (χ1) is 9.75. The van der Waals surface area contributed by atoms with E-state index < -0.39 is 43.2 Å². The third-order valence-corrected chi connectivity index (χ3v) is 5.15. The van der Waals surface area contributed by atoms with Gasteiger partial charge in [-0.1, -0.05) is 6.07 Å². The monoisotopic (exact) mass is 318 g/mol. The number of rotatable bonds is 4. The summed E-state index contributed by atoms with van der Waals surface area (Å²) in [7, 11) is -4.31. The first-order valence-electron chi connectivity index (χ1n) is 5.91. The highest BCUT2D eigenvalue weighted by Gasteiger charge is 2.39. The Morgan fingerprint density at radius 1 is 1.48 bits per heavy atom. The van der Waals surface area contributed by atoms with Crippen LogP contribution in [0.1, 0.15) is 6.42 Å². The summed E-state index contributed by atoms with van der Waals surface area (Å²) in [5.41, 5.74) is -1.13. The fraction of sp³-hybridized carbons (Fsp3) is 0.364. The second kappa shape index (κ2) is 5.37. The molecule has 0 amide bonds. The van der Waals surface area contributed by atoms with E-state index >= 15 is 0 Å². The lowest BCUT2D eigenvalue weighted by Gasteiger charge is -2.15. The van der Waals surface area contributed by atoms with Gasteiger partial charge in [0.25, 0.3) is 0 Å². The predicted octanol–water partition coefficient (Wildman–Crippen LogP) is 0.829. The molecule has 1 atom stereocenters. The zero-order valence-electron chi connectivity index (χ0n) is 10.6. The quantitative estimate of drug-likeness (QED) is 0.649. The van der Waals surface area contributed by atoms with E-state index in [1.54, 1.807) is 0 Å². The molecule has 0 saturated carbocycles. The number of carbonyl (C=O) groups is 1. The molecule has 1 N–H and O–H groups in total. The summed E-state index contributed by atoms with van der Waals surface area (Å²) in [4.78, 5) is 19.8. The third-order valence-electron chi connectivity index (χ3n) is 3.25. The molecule has 1 unspecified atom stereocenters. The number of aliphatic carboxylic acids is 1. The molecule has 0 aromatic heterocycles. The van der Waals surface area contributed by atoms with Gasteiger partial charge < -0.3 is 5.11 Å². The minimum Gasteiger partial charge on any atom is -0.481 e. The van der Waals surface area contributed by atoms with Gasteiger partial charge in [-0.3, -0.25) is 14.9 Å². The van der Waals surface area contributed by atoms with Crippen LogP contribution < -0.4 is 0 Å². The van der Waals surface area contributed by atoms with Crippen LogP contribution in [0.5, 0.6) is 0 Å². The molecule has 0 radical (unpaired) electrons. The van der Waals surface area contributed by atoms with Gasteiger partial charge in [-0.25, -0.2) is 8.42 Å². The maximum absolute atomic E-state index is 13.5. The van der Waals surface area contributed by atoms with Crippen LogP contribution in [-0.4, -0.2) is 41.8 Å². The molecule has 1 heterocycles. The summed E-state index contributed by atoms with van der Waals surface area (Å²) in [5.74, 6) is -3.26. The van der Waals surface area contributed by atoms with E-state index in [4.69, 9.17) is 5.11 Å². The minimum absolute atomic E-state index is 0.0764. The smallest absolute Gasteiger partial charge is 0.324 e. The number of carboxylic acids is 1. The van der Waals surface area contributed by atoms with E-state index in [1.165, 1.54) is 0 Å². The standard InChI is InChI=1S/C11H11FN2O6S/c12-8-2-1-3-9(10(8)14(17)18)21(19,20)13-5-4-7(6-13)11(15)16/h1-3,7H,4-6H2,(H,15,16). The Kier molecular flexibility index (Phi) is 3.92. The van der Waals surface area contributed by atoms with Crippen molar-refractivity contribution in [2.24, 2.45) is 5.92 Å². The van der Waals surface area contributed by atoms with Crippen molar-refractivity contribution in [2.45, 2.75) is 11.3 Å². The van der Waals surface area contributed by atoms with Crippen molar-refractivity contribution >= 4 is 21.7 Å². The van der Waals surface area contributed by atoms with E-state index in [-0.39, 0.29) is 19.5 Å². The highest BCUT2D eigenvalue weighted by Crippen LogP contribution is 2.31. The van der Waals surface area contributed by atoms with Crippen molar-refractivity contribution in [1.29, 1.82) is 0 Å².